The Balaban J connectivity index is 3.15. The number of hydrogen-bond acceptors (Lipinski definition) is 3. The molecule has 0 radical (unpaired) electrons. The number of aryl methyl sites for hydroxylation is 1. The van der Waals surface area contributed by atoms with Gasteiger partial charge in [-0.3, -0.25) is 5.41 Å². The third-order valence-corrected chi connectivity index (χ3v) is 1.18. The third-order valence-electron chi connectivity index (χ3n) is 1.18. The number of amidine groups is 1. The van der Waals surface area contributed by atoms with Crippen molar-refractivity contribution in [3.63, 3.8) is 0 Å². The Hall–Kier alpha value is -1.52. The lowest BCUT2D eigenvalue weighted by Crippen LogP contribution is -2.11. The fourth-order valence-corrected chi connectivity index (χ4v) is 0.710. The second-order valence-corrected chi connectivity index (χ2v) is 1.96. The molecule has 0 saturated carbocycles. The molecule has 10 heavy (non-hydrogen) atoms. The van der Waals surface area contributed by atoms with Crippen molar-refractivity contribution in [3.8, 4) is 0 Å². The maximum absolute atomic E-state index is 8.74. The molecular formula is C5H8N4O. The number of hydrogen-bond donors (Lipinski definition) is 3. The van der Waals surface area contributed by atoms with Gasteiger partial charge in [0.25, 0.3) is 0 Å². The van der Waals surface area contributed by atoms with Crippen molar-refractivity contribution in [1.29, 1.82) is 5.41 Å². The van der Waals surface area contributed by atoms with Gasteiger partial charge in [0.2, 0.25) is 0 Å². The zero-order valence-corrected chi connectivity index (χ0v) is 5.50. The van der Waals surface area contributed by atoms with E-state index >= 15 is 0 Å². The monoisotopic (exact) mass is 140 g/mol. The molecule has 0 saturated heterocycles. The van der Waals surface area contributed by atoms with Crippen LogP contribution in [-0.4, -0.2) is 21.0 Å². The van der Waals surface area contributed by atoms with Crippen LogP contribution in [0.3, 0.4) is 0 Å². The van der Waals surface area contributed by atoms with Crippen LogP contribution in [0.25, 0.3) is 0 Å². The van der Waals surface area contributed by atoms with Gasteiger partial charge < -0.3 is 10.9 Å². The van der Waals surface area contributed by atoms with Crippen LogP contribution in [-0.2, 0) is 0 Å². The Bertz CT molecular complexity index is 265. The van der Waals surface area contributed by atoms with Crippen molar-refractivity contribution >= 4 is 5.84 Å². The van der Waals surface area contributed by atoms with E-state index in [9.17, 15) is 0 Å². The van der Waals surface area contributed by atoms with Crippen LogP contribution < -0.4 is 5.73 Å². The minimum Gasteiger partial charge on any atom is -0.412 e. The molecule has 0 bridgehead atoms. The normalized spacial score (nSPS) is 9.70. The molecule has 0 amide bonds. The topological polar surface area (TPSA) is 87.9 Å². The van der Waals surface area contributed by atoms with Gasteiger partial charge in [0.15, 0.2) is 0 Å². The largest absolute Gasteiger partial charge is 0.412 e. The van der Waals surface area contributed by atoms with Gasteiger partial charge in [-0.05, 0) is 6.92 Å². The lowest BCUT2D eigenvalue weighted by atomic mass is 10.2. The van der Waals surface area contributed by atoms with E-state index < -0.39 is 0 Å². The summed E-state index contributed by atoms with van der Waals surface area (Å²) in [5, 5.41) is 19.3. The summed E-state index contributed by atoms with van der Waals surface area (Å²) >= 11 is 0. The molecule has 5 nitrogen and oxygen atoms in total. The van der Waals surface area contributed by atoms with Gasteiger partial charge in [0, 0.05) is 0 Å². The fraction of sp³-hybridized carbons (Fsp3) is 0.200. The summed E-state index contributed by atoms with van der Waals surface area (Å²) in [6.45, 7) is 1.67. The molecule has 0 spiro atoms. The summed E-state index contributed by atoms with van der Waals surface area (Å²) in [7, 11) is 0. The standard InChI is InChI=1S/C5H8N4O/c1-3-4(5(6)7)2-9(10)8-3/h2,10H,1H3,(H3,6,7). The van der Waals surface area contributed by atoms with Gasteiger partial charge in [-0.1, -0.05) is 0 Å². The molecule has 0 aliphatic carbocycles. The van der Waals surface area contributed by atoms with Crippen molar-refractivity contribution in [1.82, 2.24) is 9.94 Å². The van der Waals surface area contributed by atoms with E-state index in [2.05, 4.69) is 5.10 Å². The average Bonchev–Trinajstić information content (AvgIpc) is 2.10. The lowest BCUT2D eigenvalue weighted by Gasteiger charge is -1.89. The molecule has 0 aliphatic rings. The molecule has 0 aliphatic heterocycles. The summed E-state index contributed by atoms with van der Waals surface area (Å²) in [6.07, 6.45) is 1.29. The first kappa shape index (κ1) is 6.60. The van der Waals surface area contributed by atoms with Crippen molar-refractivity contribution in [2.75, 3.05) is 0 Å². The summed E-state index contributed by atoms with van der Waals surface area (Å²) in [5.41, 5.74) is 6.16. The van der Waals surface area contributed by atoms with E-state index in [1.54, 1.807) is 6.92 Å². The van der Waals surface area contributed by atoms with Crippen molar-refractivity contribution in [2.24, 2.45) is 5.73 Å². The Morgan fingerprint density at radius 2 is 2.50 bits per heavy atom. The Morgan fingerprint density at radius 3 is 2.70 bits per heavy atom. The highest BCUT2D eigenvalue weighted by Gasteiger charge is 2.05. The molecule has 0 atom stereocenters. The number of aromatic nitrogens is 2. The van der Waals surface area contributed by atoms with Gasteiger partial charge in [-0.2, -0.15) is 0 Å². The Kier molecular flexibility index (Phi) is 1.33. The number of nitrogen functional groups attached to an aromatic ring is 1. The average molecular weight is 140 g/mol. The van der Waals surface area contributed by atoms with Gasteiger partial charge >= 0.3 is 0 Å². The maximum atomic E-state index is 8.74. The second-order valence-electron chi connectivity index (χ2n) is 1.96. The lowest BCUT2D eigenvalue weighted by molar-refractivity contribution is 0.148. The van der Waals surface area contributed by atoms with E-state index in [4.69, 9.17) is 16.4 Å². The number of nitrogens with zero attached hydrogens (tertiary/aromatic N) is 2. The minimum absolute atomic E-state index is 0.0854. The molecule has 54 valence electrons. The van der Waals surface area contributed by atoms with Crippen molar-refractivity contribution < 1.29 is 5.21 Å². The van der Waals surface area contributed by atoms with Gasteiger partial charge in [0.05, 0.1) is 17.5 Å². The number of nitrogens with one attached hydrogen (secondary N) is 1. The molecule has 1 aromatic heterocycles. The van der Waals surface area contributed by atoms with Gasteiger partial charge in [-0.25, -0.2) is 0 Å². The van der Waals surface area contributed by atoms with Gasteiger partial charge in [-0.15, -0.1) is 9.94 Å². The van der Waals surface area contributed by atoms with E-state index in [-0.39, 0.29) is 5.84 Å². The summed E-state index contributed by atoms with van der Waals surface area (Å²) in [6, 6.07) is 0. The van der Waals surface area contributed by atoms with E-state index in [0.717, 1.165) is 0 Å². The first-order valence-corrected chi connectivity index (χ1v) is 2.71. The quantitative estimate of drug-likeness (QED) is 0.284. The van der Waals surface area contributed by atoms with Crippen LogP contribution in [0.1, 0.15) is 11.3 Å². The second kappa shape index (κ2) is 2.02. The first-order valence-electron chi connectivity index (χ1n) is 2.71. The molecule has 0 aromatic carbocycles. The molecule has 1 rings (SSSR count). The highest BCUT2D eigenvalue weighted by molar-refractivity contribution is 5.95. The fourth-order valence-electron chi connectivity index (χ4n) is 0.710. The molecule has 0 fully saturated rings. The van der Waals surface area contributed by atoms with Crippen LogP contribution in [0.2, 0.25) is 0 Å². The van der Waals surface area contributed by atoms with Crippen LogP contribution in [0.5, 0.6) is 0 Å². The minimum atomic E-state index is -0.0854. The predicted molar refractivity (Wildman–Crippen MR) is 35.2 cm³/mol. The third kappa shape index (κ3) is 0.928. The van der Waals surface area contributed by atoms with Crippen molar-refractivity contribution in [2.45, 2.75) is 6.92 Å². The molecule has 1 aromatic rings. The van der Waals surface area contributed by atoms with Gasteiger partial charge in [0.1, 0.15) is 5.84 Å². The van der Waals surface area contributed by atoms with Crippen molar-refractivity contribution in [3.05, 3.63) is 17.5 Å². The highest BCUT2D eigenvalue weighted by atomic mass is 16.5. The summed E-state index contributed by atoms with van der Waals surface area (Å²) < 4.78 is 0. The Labute approximate surface area is 57.5 Å². The molecule has 0 unspecified atom stereocenters. The van der Waals surface area contributed by atoms with E-state index in [0.29, 0.717) is 16.1 Å². The SMILES string of the molecule is Cc1nn(O)cc1C(=N)N. The van der Waals surface area contributed by atoms with Crippen LogP contribution in [0.4, 0.5) is 0 Å². The number of nitrogens with two attached hydrogens (primary N) is 1. The number of rotatable bonds is 1. The zero-order chi connectivity index (χ0) is 7.72. The maximum Gasteiger partial charge on any atom is 0.126 e. The summed E-state index contributed by atoms with van der Waals surface area (Å²) in [4.78, 5) is 0.645. The van der Waals surface area contributed by atoms with E-state index in [1.807, 2.05) is 0 Å². The van der Waals surface area contributed by atoms with Crippen LogP contribution in [0.15, 0.2) is 6.20 Å². The predicted octanol–water partition coefficient (Wildman–Crippen LogP) is -0.287. The first-order chi connectivity index (χ1) is 4.61. The zero-order valence-electron chi connectivity index (χ0n) is 5.50. The Morgan fingerprint density at radius 1 is 1.90 bits per heavy atom. The smallest absolute Gasteiger partial charge is 0.126 e. The molecule has 5 heteroatoms. The summed E-state index contributed by atoms with van der Waals surface area (Å²) in [5.74, 6) is -0.0854. The molecular weight excluding hydrogens is 132 g/mol. The highest BCUT2D eigenvalue weighted by Crippen LogP contribution is 2.01. The van der Waals surface area contributed by atoms with E-state index in [1.165, 1.54) is 6.20 Å². The van der Waals surface area contributed by atoms with Crippen LogP contribution >= 0.6 is 0 Å². The molecule has 1 heterocycles. The van der Waals surface area contributed by atoms with Crippen LogP contribution in [0, 0.1) is 12.3 Å². The molecule has 4 N–H and O–H groups in total.